The van der Waals surface area contributed by atoms with E-state index in [1.165, 1.54) is 28.6 Å². The van der Waals surface area contributed by atoms with E-state index in [1.54, 1.807) is 0 Å². The predicted octanol–water partition coefficient (Wildman–Crippen LogP) is 4.39. The number of rotatable bonds is 3. The van der Waals surface area contributed by atoms with Crippen LogP contribution in [-0.2, 0) is 11.2 Å². The smallest absolute Gasteiger partial charge is 0.0827 e. The summed E-state index contributed by atoms with van der Waals surface area (Å²) in [4.78, 5) is 1.40. The van der Waals surface area contributed by atoms with Gasteiger partial charge in [-0.25, -0.2) is 0 Å². The Morgan fingerprint density at radius 1 is 1.47 bits per heavy atom. The highest BCUT2D eigenvalue weighted by atomic mass is 79.9. The Balaban J connectivity index is 2.10. The summed E-state index contributed by atoms with van der Waals surface area (Å²) in [5.41, 5.74) is 0.0334. The maximum Gasteiger partial charge on any atom is 0.0827 e. The lowest BCUT2D eigenvalue weighted by molar-refractivity contribution is -0.0593. The molecule has 1 unspecified atom stereocenters. The molecule has 0 aliphatic carbocycles. The van der Waals surface area contributed by atoms with E-state index in [2.05, 4.69) is 43.3 Å². The van der Waals surface area contributed by atoms with E-state index in [0.717, 1.165) is 18.4 Å². The molecule has 0 N–H and O–H groups in total. The van der Waals surface area contributed by atoms with E-state index in [9.17, 15) is 0 Å². The zero-order valence-corrected chi connectivity index (χ0v) is 12.5. The second kappa shape index (κ2) is 5.30. The maximum atomic E-state index is 5.98. The van der Waals surface area contributed by atoms with Crippen LogP contribution in [0.5, 0.6) is 0 Å². The van der Waals surface area contributed by atoms with Gasteiger partial charge in [-0.05, 0) is 46.6 Å². The molecule has 1 aromatic heterocycles. The molecular formula is C11H14Br2OS. The van der Waals surface area contributed by atoms with Crippen molar-refractivity contribution in [3.63, 3.8) is 0 Å². The van der Waals surface area contributed by atoms with Crippen LogP contribution < -0.4 is 0 Å². The normalized spacial score (nSPS) is 26.8. The average Bonchev–Trinajstić information content (AvgIpc) is 2.66. The summed E-state index contributed by atoms with van der Waals surface area (Å²) in [5.74, 6) is 0. The Kier molecular flexibility index (Phi) is 4.27. The molecule has 1 nitrogen and oxygen atoms in total. The molecule has 0 bridgehead atoms. The largest absolute Gasteiger partial charge is 0.374 e. The first-order valence-corrected chi connectivity index (χ1v) is 7.97. The van der Waals surface area contributed by atoms with E-state index in [0.29, 0.717) is 0 Å². The first-order valence-electron chi connectivity index (χ1n) is 5.18. The van der Waals surface area contributed by atoms with Gasteiger partial charge in [0.2, 0.25) is 0 Å². The summed E-state index contributed by atoms with van der Waals surface area (Å²) < 4.78 is 7.21. The van der Waals surface area contributed by atoms with Gasteiger partial charge in [0, 0.05) is 27.7 Å². The minimum atomic E-state index is 0.0334. The second-order valence-corrected chi connectivity index (χ2v) is 6.41. The Morgan fingerprint density at radius 2 is 2.33 bits per heavy atom. The zero-order valence-electron chi connectivity index (χ0n) is 8.47. The topological polar surface area (TPSA) is 9.23 Å². The standard InChI is InChI=1S/C11H14Br2OS/c12-8-11(4-1-2-5-14-11)7-10-9(13)3-6-15-10/h3,6H,1-2,4-5,7-8H2. The van der Waals surface area contributed by atoms with Crippen molar-refractivity contribution in [2.75, 3.05) is 11.9 Å². The molecule has 1 aliphatic heterocycles. The highest BCUT2D eigenvalue weighted by Gasteiger charge is 2.33. The highest BCUT2D eigenvalue weighted by molar-refractivity contribution is 9.10. The van der Waals surface area contributed by atoms with Crippen molar-refractivity contribution in [3.8, 4) is 0 Å². The van der Waals surface area contributed by atoms with Gasteiger partial charge in [0.25, 0.3) is 0 Å². The summed E-state index contributed by atoms with van der Waals surface area (Å²) in [6, 6.07) is 2.12. The molecule has 0 saturated carbocycles. The van der Waals surface area contributed by atoms with Crippen molar-refractivity contribution in [1.82, 2.24) is 0 Å². The number of ether oxygens (including phenoxy) is 1. The first-order chi connectivity index (χ1) is 7.26. The Hall–Kier alpha value is 0.620. The van der Waals surface area contributed by atoms with Crippen LogP contribution in [0.4, 0.5) is 0 Å². The van der Waals surface area contributed by atoms with Crippen molar-refractivity contribution in [3.05, 3.63) is 20.8 Å². The van der Waals surface area contributed by atoms with Gasteiger partial charge in [0.05, 0.1) is 5.60 Å². The molecule has 0 amide bonds. The van der Waals surface area contributed by atoms with Crippen LogP contribution in [0.25, 0.3) is 0 Å². The van der Waals surface area contributed by atoms with Gasteiger partial charge >= 0.3 is 0 Å². The maximum absolute atomic E-state index is 5.98. The molecule has 1 aliphatic rings. The van der Waals surface area contributed by atoms with Gasteiger partial charge in [0.15, 0.2) is 0 Å². The predicted molar refractivity (Wildman–Crippen MR) is 72.1 cm³/mol. The summed E-state index contributed by atoms with van der Waals surface area (Å²) in [6.07, 6.45) is 4.69. The first kappa shape index (κ1) is 12.1. The number of halogens is 2. The molecule has 1 atom stereocenters. The lowest BCUT2D eigenvalue weighted by Crippen LogP contribution is -2.40. The van der Waals surface area contributed by atoms with Gasteiger partial charge in [-0.2, -0.15) is 0 Å². The molecule has 84 valence electrons. The third-order valence-corrected chi connectivity index (χ3v) is 5.80. The summed E-state index contributed by atoms with van der Waals surface area (Å²) >= 11 is 9.00. The molecule has 4 heteroatoms. The number of thiophene rings is 1. The number of hydrogen-bond acceptors (Lipinski definition) is 2. The van der Waals surface area contributed by atoms with Crippen LogP contribution in [0.1, 0.15) is 24.1 Å². The van der Waals surface area contributed by atoms with Crippen LogP contribution >= 0.6 is 43.2 Å². The molecule has 0 aromatic carbocycles. The van der Waals surface area contributed by atoms with Crippen LogP contribution in [0.3, 0.4) is 0 Å². The molecule has 2 rings (SSSR count). The van der Waals surface area contributed by atoms with Gasteiger partial charge in [-0.15, -0.1) is 11.3 Å². The molecule has 0 radical (unpaired) electrons. The quantitative estimate of drug-likeness (QED) is 0.732. The molecule has 1 fully saturated rings. The fourth-order valence-corrected chi connectivity index (χ4v) is 4.21. The lowest BCUT2D eigenvalue weighted by Gasteiger charge is -2.35. The van der Waals surface area contributed by atoms with Crippen molar-refractivity contribution in [2.45, 2.75) is 31.3 Å². The number of alkyl halides is 1. The Labute approximate surface area is 111 Å². The molecular weight excluding hydrogens is 340 g/mol. The summed E-state index contributed by atoms with van der Waals surface area (Å²) in [5, 5.41) is 3.06. The third-order valence-electron chi connectivity index (χ3n) is 2.85. The molecule has 0 spiro atoms. The third kappa shape index (κ3) is 2.84. The van der Waals surface area contributed by atoms with E-state index in [-0.39, 0.29) is 5.60 Å². The van der Waals surface area contributed by atoms with E-state index in [1.807, 2.05) is 11.3 Å². The lowest BCUT2D eigenvalue weighted by atomic mass is 9.92. The fourth-order valence-electron chi connectivity index (χ4n) is 1.95. The molecule has 1 saturated heterocycles. The van der Waals surface area contributed by atoms with Gasteiger partial charge in [0.1, 0.15) is 0 Å². The van der Waals surface area contributed by atoms with E-state index < -0.39 is 0 Å². The highest BCUT2D eigenvalue weighted by Crippen LogP contribution is 2.34. The minimum absolute atomic E-state index is 0.0334. The van der Waals surface area contributed by atoms with Crippen LogP contribution in [0.2, 0.25) is 0 Å². The average molecular weight is 354 g/mol. The van der Waals surface area contributed by atoms with Crippen molar-refractivity contribution >= 4 is 43.2 Å². The minimum Gasteiger partial charge on any atom is -0.374 e. The van der Waals surface area contributed by atoms with E-state index in [4.69, 9.17) is 4.74 Å². The zero-order chi connectivity index (χ0) is 10.7. The van der Waals surface area contributed by atoms with Crippen LogP contribution in [0.15, 0.2) is 15.9 Å². The van der Waals surface area contributed by atoms with Crippen LogP contribution in [0, 0.1) is 0 Å². The van der Waals surface area contributed by atoms with Crippen LogP contribution in [-0.4, -0.2) is 17.5 Å². The van der Waals surface area contributed by atoms with E-state index >= 15 is 0 Å². The summed E-state index contributed by atoms with van der Waals surface area (Å²) in [7, 11) is 0. The summed E-state index contributed by atoms with van der Waals surface area (Å²) in [6.45, 7) is 0.911. The van der Waals surface area contributed by atoms with Crippen molar-refractivity contribution < 1.29 is 4.74 Å². The van der Waals surface area contributed by atoms with Crippen molar-refractivity contribution in [2.24, 2.45) is 0 Å². The number of hydrogen-bond donors (Lipinski definition) is 0. The molecule has 2 heterocycles. The molecule has 15 heavy (non-hydrogen) atoms. The van der Waals surface area contributed by atoms with Crippen molar-refractivity contribution in [1.29, 1.82) is 0 Å². The Morgan fingerprint density at radius 3 is 2.87 bits per heavy atom. The monoisotopic (exact) mass is 352 g/mol. The SMILES string of the molecule is BrCC1(Cc2sccc2Br)CCCCO1. The Bertz CT molecular complexity index is 318. The fraction of sp³-hybridized carbons (Fsp3) is 0.636. The molecule has 1 aromatic rings. The van der Waals surface area contributed by atoms with Gasteiger partial charge < -0.3 is 4.74 Å². The second-order valence-electron chi connectivity index (χ2n) is 3.99. The van der Waals surface area contributed by atoms with Gasteiger partial charge in [-0.3, -0.25) is 0 Å². The van der Waals surface area contributed by atoms with Gasteiger partial charge in [-0.1, -0.05) is 15.9 Å².